The fourth-order valence-corrected chi connectivity index (χ4v) is 2.90. The van der Waals surface area contributed by atoms with Crippen LogP contribution in [0.25, 0.3) is 0 Å². The number of benzene rings is 1. The molecule has 0 N–H and O–H groups in total. The largest absolute Gasteiger partial charge is 0.492 e. The monoisotopic (exact) mass is 320 g/mol. The van der Waals surface area contributed by atoms with Gasteiger partial charge in [-0.25, -0.2) is 0 Å². The van der Waals surface area contributed by atoms with E-state index in [0.717, 1.165) is 12.3 Å². The highest BCUT2D eigenvalue weighted by atomic mass is 16.5. The van der Waals surface area contributed by atoms with Crippen molar-refractivity contribution in [3.05, 3.63) is 29.3 Å². The van der Waals surface area contributed by atoms with E-state index in [2.05, 4.69) is 47.6 Å². The lowest BCUT2D eigenvalue weighted by Crippen LogP contribution is -2.47. The summed E-state index contributed by atoms with van der Waals surface area (Å²) in [5.74, 6) is 1.07. The van der Waals surface area contributed by atoms with Gasteiger partial charge in [0.05, 0.1) is 6.54 Å². The lowest BCUT2D eigenvalue weighted by atomic mass is 10.1. The zero-order chi connectivity index (χ0) is 17.6. The van der Waals surface area contributed by atoms with Gasteiger partial charge in [0.1, 0.15) is 12.4 Å². The van der Waals surface area contributed by atoms with Gasteiger partial charge in [-0.15, -0.1) is 0 Å². The summed E-state index contributed by atoms with van der Waals surface area (Å²) in [5.41, 5.74) is 2.40. The van der Waals surface area contributed by atoms with Crippen LogP contribution in [-0.4, -0.2) is 54.5 Å². The number of rotatable bonds is 8. The van der Waals surface area contributed by atoms with Crippen LogP contribution < -0.4 is 4.74 Å². The zero-order valence-corrected chi connectivity index (χ0v) is 15.7. The molecular formula is C19H32N2O2. The highest BCUT2D eigenvalue weighted by Crippen LogP contribution is 2.16. The minimum atomic E-state index is 0.170. The van der Waals surface area contributed by atoms with Crippen LogP contribution in [0.15, 0.2) is 18.2 Å². The SMILES string of the molecule is Cc1cc(C)cc(OCCN(C)CC(=O)N(C(C)C)C(C)C)c1. The van der Waals surface area contributed by atoms with Gasteiger partial charge in [-0.2, -0.15) is 0 Å². The number of amides is 1. The molecule has 1 amide bonds. The van der Waals surface area contributed by atoms with Gasteiger partial charge in [-0.3, -0.25) is 9.69 Å². The third kappa shape index (κ3) is 6.61. The van der Waals surface area contributed by atoms with E-state index in [4.69, 9.17) is 4.74 Å². The molecule has 0 spiro atoms. The summed E-state index contributed by atoms with van der Waals surface area (Å²) in [7, 11) is 1.96. The molecule has 1 rings (SSSR count). The van der Waals surface area contributed by atoms with E-state index < -0.39 is 0 Å². The van der Waals surface area contributed by atoms with Gasteiger partial charge in [0.15, 0.2) is 0 Å². The summed E-state index contributed by atoms with van der Waals surface area (Å²) < 4.78 is 5.81. The first-order valence-corrected chi connectivity index (χ1v) is 8.41. The number of aryl methyl sites for hydroxylation is 2. The molecule has 0 saturated heterocycles. The lowest BCUT2D eigenvalue weighted by molar-refractivity contribution is -0.135. The summed E-state index contributed by atoms with van der Waals surface area (Å²) in [6.45, 7) is 14.1. The quantitative estimate of drug-likeness (QED) is 0.737. The lowest BCUT2D eigenvalue weighted by Gasteiger charge is -2.32. The normalized spacial score (nSPS) is 11.4. The molecule has 0 aliphatic carbocycles. The predicted molar refractivity (Wildman–Crippen MR) is 96.0 cm³/mol. The molecule has 0 aliphatic rings. The van der Waals surface area contributed by atoms with Gasteiger partial charge in [0.2, 0.25) is 5.91 Å². The van der Waals surface area contributed by atoms with Crippen LogP contribution in [0, 0.1) is 13.8 Å². The van der Waals surface area contributed by atoms with Crippen LogP contribution >= 0.6 is 0 Å². The molecule has 1 aromatic rings. The molecule has 4 heteroatoms. The number of likely N-dealkylation sites (N-methyl/N-ethyl adjacent to an activating group) is 1. The van der Waals surface area contributed by atoms with E-state index in [1.54, 1.807) is 0 Å². The van der Waals surface area contributed by atoms with Gasteiger partial charge in [-0.05, 0) is 71.8 Å². The first-order valence-electron chi connectivity index (χ1n) is 8.41. The molecule has 0 aliphatic heterocycles. The Morgan fingerprint density at radius 3 is 2.04 bits per heavy atom. The molecular weight excluding hydrogens is 288 g/mol. The third-order valence-electron chi connectivity index (χ3n) is 3.74. The van der Waals surface area contributed by atoms with E-state index >= 15 is 0 Å². The molecule has 1 aromatic carbocycles. The van der Waals surface area contributed by atoms with Gasteiger partial charge in [0.25, 0.3) is 0 Å². The van der Waals surface area contributed by atoms with E-state index in [-0.39, 0.29) is 18.0 Å². The summed E-state index contributed by atoms with van der Waals surface area (Å²) in [5, 5.41) is 0. The first kappa shape index (κ1) is 19.5. The average molecular weight is 320 g/mol. The van der Waals surface area contributed by atoms with Crippen molar-refractivity contribution in [2.45, 2.75) is 53.6 Å². The van der Waals surface area contributed by atoms with E-state index in [1.165, 1.54) is 11.1 Å². The molecule has 0 aromatic heterocycles. The number of ether oxygens (including phenoxy) is 1. The highest BCUT2D eigenvalue weighted by Gasteiger charge is 2.20. The summed E-state index contributed by atoms with van der Waals surface area (Å²) in [6.07, 6.45) is 0. The van der Waals surface area contributed by atoms with Crippen molar-refractivity contribution in [2.24, 2.45) is 0 Å². The fourth-order valence-electron chi connectivity index (χ4n) is 2.90. The molecule has 4 nitrogen and oxygen atoms in total. The highest BCUT2D eigenvalue weighted by molar-refractivity contribution is 5.78. The van der Waals surface area contributed by atoms with Crippen LogP contribution in [0.3, 0.4) is 0 Å². The summed E-state index contributed by atoms with van der Waals surface area (Å²) in [6, 6.07) is 6.66. The van der Waals surface area contributed by atoms with Crippen molar-refractivity contribution in [3.63, 3.8) is 0 Å². The van der Waals surface area contributed by atoms with Crippen molar-refractivity contribution in [2.75, 3.05) is 26.7 Å². The molecule has 0 atom stereocenters. The number of carbonyl (C=O) groups excluding carboxylic acids is 1. The van der Waals surface area contributed by atoms with Crippen LogP contribution in [-0.2, 0) is 4.79 Å². The summed E-state index contributed by atoms with van der Waals surface area (Å²) in [4.78, 5) is 16.4. The number of hydrogen-bond donors (Lipinski definition) is 0. The van der Waals surface area contributed by atoms with Crippen molar-refractivity contribution in [1.82, 2.24) is 9.80 Å². The molecule has 0 saturated carbocycles. The van der Waals surface area contributed by atoms with Gasteiger partial charge < -0.3 is 9.64 Å². The minimum absolute atomic E-state index is 0.170. The molecule has 0 unspecified atom stereocenters. The molecule has 0 heterocycles. The van der Waals surface area contributed by atoms with Gasteiger partial charge in [-0.1, -0.05) is 6.07 Å². The molecule has 0 bridgehead atoms. The van der Waals surface area contributed by atoms with Crippen LogP contribution in [0.5, 0.6) is 5.75 Å². The zero-order valence-electron chi connectivity index (χ0n) is 15.7. The topological polar surface area (TPSA) is 32.8 Å². The second kappa shape index (κ2) is 8.92. The Kier molecular flexibility index (Phi) is 7.56. The van der Waals surface area contributed by atoms with Crippen LogP contribution in [0.2, 0.25) is 0 Å². The van der Waals surface area contributed by atoms with Crippen molar-refractivity contribution in [3.8, 4) is 5.75 Å². The maximum Gasteiger partial charge on any atom is 0.237 e. The smallest absolute Gasteiger partial charge is 0.237 e. The predicted octanol–water partition coefficient (Wildman–Crippen LogP) is 3.26. The maximum absolute atomic E-state index is 12.4. The van der Waals surface area contributed by atoms with Gasteiger partial charge >= 0.3 is 0 Å². The number of nitrogens with zero attached hydrogens (tertiary/aromatic N) is 2. The van der Waals surface area contributed by atoms with Crippen molar-refractivity contribution < 1.29 is 9.53 Å². The number of hydrogen-bond acceptors (Lipinski definition) is 3. The minimum Gasteiger partial charge on any atom is -0.492 e. The van der Waals surface area contributed by atoms with Crippen LogP contribution in [0.1, 0.15) is 38.8 Å². The Labute approximate surface area is 141 Å². The van der Waals surface area contributed by atoms with E-state index in [0.29, 0.717) is 13.2 Å². The fraction of sp³-hybridized carbons (Fsp3) is 0.632. The van der Waals surface area contributed by atoms with E-state index in [1.807, 2.05) is 29.0 Å². The maximum atomic E-state index is 12.4. The molecule has 130 valence electrons. The van der Waals surface area contributed by atoms with Crippen molar-refractivity contribution in [1.29, 1.82) is 0 Å². The first-order chi connectivity index (χ1) is 10.7. The summed E-state index contributed by atoms with van der Waals surface area (Å²) >= 11 is 0. The molecule has 0 radical (unpaired) electrons. The molecule has 0 fully saturated rings. The van der Waals surface area contributed by atoms with E-state index in [9.17, 15) is 4.79 Å². The second-order valence-electron chi connectivity index (χ2n) is 6.90. The van der Waals surface area contributed by atoms with Crippen LogP contribution in [0.4, 0.5) is 0 Å². The van der Waals surface area contributed by atoms with Gasteiger partial charge in [0, 0.05) is 18.6 Å². The van der Waals surface area contributed by atoms with Crippen molar-refractivity contribution >= 4 is 5.91 Å². The average Bonchev–Trinajstić information content (AvgIpc) is 2.35. The Morgan fingerprint density at radius 1 is 1.04 bits per heavy atom. The standard InChI is InChI=1S/C19H32N2O2/c1-14(2)21(15(3)4)19(22)13-20(7)8-9-23-18-11-16(5)10-17(6)12-18/h10-12,14-15H,8-9,13H2,1-7H3. The Balaban J connectivity index is 2.44. The Hall–Kier alpha value is -1.55. The Bertz CT molecular complexity index is 484. The second-order valence-corrected chi connectivity index (χ2v) is 6.90. The Morgan fingerprint density at radius 2 is 1.57 bits per heavy atom. The molecule has 23 heavy (non-hydrogen) atoms. The number of carbonyl (C=O) groups is 1. The third-order valence-corrected chi connectivity index (χ3v) is 3.74.